The maximum atomic E-state index is 6.26. The monoisotopic (exact) mass is 363 g/mol. The Hall–Kier alpha value is -1.24. The third-order valence-corrected chi connectivity index (χ3v) is 5.86. The zero-order chi connectivity index (χ0) is 16.1. The van der Waals surface area contributed by atoms with E-state index in [1.54, 1.807) is 11.8 Å². The van der Waals surface area contributed by atoms with E-state index in [4.69, 9.17) is 21.1 Å². The molecule has 126 valence electrons. The van der Waals surface area contributed by atoms with E-state index in [-0.39, 0.29) is 0 Å². The van der Waals surface area contributed by atoms with Crippen LogP contribution in [0, 0.1) is 0 Å². The van der Waals surface area contributed by atoms with E-state index in [1.165, 1.54) is 31.5 Å². The standard InChI is InChI=1S/C17H18ClN3O2S/c18-13-5-11-7-22-9-23-15(11)12(6-13)8-24-17-20-19-16(10-1-2-10)21(17)14-3-4-14/h5-6,10,14H,1-4,7-9H2. The van der Waals surface area contributed by atoms with E-state index in [2.05, 4.69) is 14.8 Å². The quantitative estimate of drug-likeness (QED) is 0.741. The van der Waals surface area contributed by atoms with Crippen LogP contribution in [0.1, 0.15) is 54.6 Å². The summed E-state index contributed by atoms with van der Waals surface area (Å²) in [5, 5.41) is 10.7. The highest BCUT2D eigenvalue weighted by molar-refractivity contribution is 7.98. The van der Waals surface area contributed by atoms with Crippen molar-refractivity contribution in [2.24, 2.45) is 0 Å². The maximum Gasteiger partial charge on any atom is 0.191 e. The van der Waals surface area contributed by atoms with E-state index in [9.17, 15) is 0 Å². The molecule has 2 aliphatic carbocycles. The number of ether oxygens (including phenoxy) is 2. The molecule has 7 heteroatoms. The average molecular weight is 364 g/mol. The molecule has 3 aliphatic rings. The minimum atomic E-state index is 0.302. The van der Waals surface area contributed by atoms with Crippen LogP contribution in [0.2, 0.25) is 5.02 Å². The van der Waals surface area contributed by atoms with Gasteiger partial charge in [0.2, 0.25) is 0 Å². The predicted octanol–water partition coefficient (Wildman–Crippen LogP) is 4.30. The van der Waals surface area contributed by atoms with Gasteiger partial charge >= 0.3 is 0 Å². The summed E-state index contributed by atoms with van der Waals surface area (Å²) in [6.07, 6.45) is 5.01. The van der Waals surface area contributed by atoms with Crippen LogP contribution in [-0.2, 0) is 17.1 Å². The van der Waals surface area contributed by atoms with Gasteiger partial charge in [0, 0.05) is 33.9 Å². The lowest BCUT2D eigenvalue weighted by Crippen LogP contribution is -2.13. The summed E-state index contributed by atoms with van der Waals surface area (Å²) in [5.41, 5.74) is 2.12. The van der Waals surface area contributed by atoms with Gasteiger partial charge < -0.3 is 14.0 Å². The molecule has 2 heterocycles. The zero-order valence-electron chi connectivity index (χ0n) is 13.2. The number of rotatable bonds is 5. The van der Waals surface area contributed by atoms with Crippen molar-refractivity contribution in [3.05, 3.63) is 34.1 Å². The summed E-state index contributed by atoms with van der Waals surface area (Å²) in [6, 6.07) is 4.51. The highest BCUT2D eigenvalue weighted by Crippen LogP contribution is 2.46. The molecule has 2 aromatic rings. The number of nitrogens with zero attached hydrogens (tertiary/aromatic N) is 3. The first kappa shape index (κ1) is 15.0. The van der Waals surface area contributed by atoms with Crippen LogP contribution >= 0.6 is 23.4 Å². The molecule has 0 radical (unpaired) electrons. The normalized spacial score (nSPS) is 19.9. The van der Waals surface area contributed by atoms with Crippen LogP contribution in [0.25, 0.3) is 0 Å². The summed E-state index contributed by atoms with van der Waals surface area (Å²) >= 11 is 7.98. The minimum absolute atomic E-state index is 0.302. The van der Waals surface area contributed by atoms with E-state index in [1.807, 2.05) is 12.1 Å². The molecule has 0 N–H and O–H groups in total. The molecule has 1 aromatic heterocycles. The Balaban J connectivity index is 1.41. The maximum absolute atomic E-state index is 6.26. The number of hydrogen-bond acceptors (Lipinski definition) is 5. The molecule has 0 amide bonds. The largest absolute Gasteiger partial charge is 0.467 e. The van der Waals surface area contributed by atoms with Gasteiger partial charge in [0.25, 0.3) is 0 Å². The van der Waals surface area contributed by atoms with Gasteiger partial charge in [-0.15, -0.1) is 10.2 Å². The second-order valence-corrected chi connectivity index (χ2v) is 8.05. The molecular weight excluding hydrogens is 346 g/mol. The van der Waals surface area contributed by atoms with Crippen LogP contribution in [0.5, 0.6) is 5.75 Å². The summed E-state index contributed by atoms with van der Waals surface area (Å²) in [4.78, 5) is 0. The number of benzene rings is 1. The second kappa shape index (κ2) is 5.93. The number of fused-ring (bicyclic) bond motifs is 1. The first-order valence-electron chi connectivity index (χ1n) is 8.39. The minimum Gasteiger partial charge on any atom is -0.467 e. The van der Waals surface area contributed by atoms with E-state index in [0.29, 0.717) is 25.4 Å². The summed E-state index contributed by atoms with van der Waals surface area (Å²) in [6.45, 7) is 0.855. The summed E-state index contributed by atoms with van der Waals surface area (Å²) < 4.78 is 13.4. The van der Waals surface area contributed by atoms with Crippen LogP contribution in [0.15, 0.2) is 17.3 Å². The summed E-state index contributed by atoms with van der Waals surface area (Å²) in [7, 11) is 0. The Kier molecular flexibility index (Phi) is 3.72. The van der Waals surface area contributed by atoms with Crippen molar-refractivity contribution in [2.75, 3.05) is 6.79 Å². The second-order valence-electron chi connectivity index (χ2n) is 6.67. The van der Waals surface area contributed by atoms with Gasteiger partial charge in [-0.05, 0) is 37.8 Å². The first-order chi connectivity index (χ1) is 11.8. The van der Waals surface area contributed by atoms with Crippen LogP contribution in [0.3, 0.4) is 0 Å². The smallest absolute Gasteiger partial charge is 0.191 e. The van der Waals surface area contributed by atoms with Crippen molar-refractivity contribution in [3.63, 3.8) is 0 Å². The van der Waals surface area contributed by atoms with Crippen molar-refractivity contribution in [2.45, 2.75) is 55.2 Å². The van der Waals surface area contributed by atoms with Gasteiger partial charge in [-0.1, -0.05) is 23.4 Å². The lowest BCUT2D eigenvalue weighted by atomic mass is 10.1. The van der Waals surface area contributed by atoms with E-state index < -0.39 is 0 Å². The van der Waals surface area contributed by atoms with Gasteiger partial charge in [0.15, 0.2) is 11.9 Å². The van der Waals surface area contributed by atoms with Crippen molar-refractivity contribution >= 4 is 23.4 Å². The van der Waals surface area contributed by atoms with Gasteiger partial charge in [-0.2, -0.15) is 0 Å². The van der Waals surface area contributed by atoms with Crippen LogP contribution in [0.4, 0.5) is 0 Å². The Morgan fingerprint density at radius 1 is 1.21 bits per heavy atom. The molecule has 0 unspecified atom stereocenters. The highest BCUT2D eigenvalue weighted by atomic mass is 35.5. The van der Waals surface area contributed by atoms with Gasteiger partial charge in [-0.25, -0.2) is 0 Å². The van der Waals surface area contributed by atoms with Crippen molar-refractivity contribution < 1.29 is 9.47 Å². The third-order valence-electron chi connectivity index (χ3n) is 4.65. The molecule has 0 saturated heterocycles. The van der Waals surface area contributed by atoms with Crippen LogP contribution < -0.4 is 4.74 Å². The van der Waals surface area contributed by atoms with Crippen molar-refractivity contribution in [1.82, 2.24) is 14.8 Å². The highest BCUT2D eigenvalue weighted by Gasteiger charge is 2.36. The molecule has 5 rings (SSSR count). The number of hydrogen-bond donors (Lipinski definition) is 0. The SMILES string of the molecule is Clc1cc2c(c(CSc3nnc(C4CC4)n3C3CC3)c1)OCOC2. The number of thioether (sulfide) groups is 1. The Labute approximate surface area is 149 Å². The fourth-order valence-electron chi connectivity index (χ4n) is 3.19. The zero-order valence-corrected chi connectivity index (χ0v) is 14.8. The molecule has 1 aliphatic heterocycles. The van der Waals surface area contributed by atoms with Crippen molar-refractivity contribution in [3.8, 4) is 5.75 Å². The molecule has 24 heavy (non-hydrogen) atoms. The lowest BCUT2D eigenvalue weighted by Gasteiger charge is -2.21. The fourth-order valence-corrected chi connectivity index (χ4v) is 4.43. The molecule has 1 aromatic carbocycles. The molecule has 2 fully saturated rings. The van der Waals surface area contributed by atoms with Crippen LogP contribution in [-0.4, -0.2) is 21.6 Å². The molecule has 0 bridgehead atoms. The first-order valence-corrected chi connectivity index (χ1v) is 9.75. The van der Waals surface area contributed by atoms with Crippen molar-refractivity contribution in [1.29, 1.82) is 0 Å². The predicted molar refractivity (Wildman–Crippen MR) is 91.6 cm³/mol. The van der Waals surface area contributed by atoms with E-state index >= 15 is 0 Å². The molecule has 0 spiro atoms. The van der Waals surface area contributed by atoms with Gasteiger partial charge in [0.1, 0.15) is 11.6 Å². The molecule has 5 nitrogen and oxygen atoms in total. The molecular formula is C17H18ClN3O2S. The third kappa shape index (κ3) is 2.80. The lowest BCUT2D eigenvalue weighted by molar-refractivity contribution is -0.0168. The fraction of sp³-hybridized carbons (Fsp3) is 0.529. The summed E-state index contributed by atoms with van der Waals surface area (Å²) in [5.74, 6) is 3.51. The number of halogens is 1. The number of aromatic nitrogens is 3. The average Bonchev–Trinajstić information content (AvgIpc) is 3.51. The van der Waals surface area contributed by atoms with E-state index in [0.717, 1.165) is 32.8 Å². The molecule has 0 atom stereocenters. The Morgan fingerprint density at radius 2 is 2.08 bits per heavy atom. The Bertz CT molecular complexity index is 786. The van der Waals surface area contributed by atoms with Gasteiger partial charge in [-0.3, -0.25) is 0 Å². The Morgan fingerprint density at radius 3 is 2.88 bits per heavy atom. The topological polar surface area (TPSA) is 49.2 Å². The van der Waals surface area contributed by atoms with Gasteiger partial charge in [0.05, 0.1) is 6.61 Å². The molecule has 2 saturated carbocycles.